The van der Waals surface area contributed by atoms with Crippen molar-refractivity contribution >= 4 is 12.2 Å². The van der Waals surface area contributed by atoms with Crippen LogP contribution in [0.5, 0.6) is 0 Å². The van der Waals surface area contributed by atoms with Gasteiger partial charge < -0.3 is 4.74 Å². The zero-order valence-electron chi connectivity index (χ0n) is 4.31. The standard InChI is InChI=1S/C4H5FO3/c1-2-3(6)8-4(5)7/h2H2,1H3. The first-order chi connectivity index (χ1) is 3.66. The lowest BCUT2D eigenvalue weighted by Gasteiger charge is -1.88. The predicted molar refractivity (Wildman–Crippen MR) is 22.9 cm³/mol. The molecule has 0 heterocycles. The predicted octanol–water partition coefficient (Wildman–Crippen LogP) is 1.03. The van der Waals surface area contributed by atoms with Crippen molar-refractivity contribution in [2.45, 2.75) is 13.3 Å². The number of halogens is 1. The van der Waals surface area contributed by atoms with Gasteiger partial charge in [0.2, 0.25) is 0 Å². The summed E-state index contributed by atoms with van der Waals surface area (Å²) in [6.45, 7) is 1.46. The minimum atomic E-state index is -2.04. The van der Waals surface area contributed by atoms with Gasteiger partial charge in [0, 0.05) is 6.42 Å². The van der Waals surface area contributed by atoms with Crippen molar-refractivity contribution < 1.29 is 18.7 Å². The van der Waals surface area contributed by atoms with E-state index in [1.54, 1.807) is 0 Å². The van der Waals surface area contributed by atoms with E-state index in [1.807, 2.05) is 0 Å². The van der Waals surface area contributed by atoms with Gasteiger partial charge in [0.05, 0.1) is 0 Å². The lowest BCUT2D eigenvalue weighted by molar-refractivity contribution is -0.137. The molecule has 0 N–H and O–H groups in total. The van der Waals surface area contributed by atoms with Gasteiger partial charge in [0.25, 0.3) is 0 Å². The molecule has 0 aliphatic heterocycles. The SMILES string of the molecule is CCC(=O)OC(=O)F. The lowest BCUT2D eigenvalue weighted by atomic mass is 10.5. The third-order valence-corrected chi connectivity index (χ3v) is 0.483. The van der Waals surface area contributed by atoms with E-state index >= 15 is 0 Å². The molecule has 0 rings (SSSR count). The first kappa shape index (κ1) is 7.07. The molecule has 4 heteroatoms. The van der Waals surface area contributed by atoms with Crippen LogP contribution in [0.1, 0.15) is 13.3 Å². The first-order valence-electron chi connectivity index (χ1n) is 2.07. The molecule has 8 heavy (non-hydrogen) atoms. The maximum Gasteiger partial charge on any atom is 0.503 e. The van der Waals surface area contributed by atoms with Gasteiger partial charge in [-0.25, -0.2) is 4.79 Å². The molecule has 0 aliphatic rings. The Morgan fingerprint density at radius 3 is 2.25 bits per heavy atom. The quantitative estimate of drug-likeness (QED) is 0.295. The zero-order valence-corrected chi connectivity index (χ0v) is 4.31. The zero-order chi connectivity index (χ0) is 6.57. The van der Waals surface area contributed by atoms with Crippen LogP contribution in [0.2, 0.25) is 0 Å². The summed E-state index contributed by atoms with van der Waals surface area (Å²) < 4.78 is 14.5. The molecule has 0 fully saturated rings. The van der Waals surface area contributed by atoms with Gasteiger partial charge in [0.1, 0.15) is 0 Å². The number of hydrogen-bond acceptors (Lipinski definition) is 3. The molecule has 0 saturated heterocycles. The van der Waals surface area contributed by atoms with E-state index in [0.29, 0.717) is 0 Å². The number of hydrogen-bond donors (Lipinski definition) is 0. The Morgan fingerprint density at radius 1 is 1.62 bits per heavy atom. The minimum absolute atomic E-state index is 0.00958. The average molecular weight is 120 g/mol. The molecule has 0 amide bonds. The van der Waals surface area contributed by atoms with Gasteiger partial charge in [0.15, 0.2) is 0 Å². The van der Waals surface area contributed by atoms with Crippen molar-refractivity contribution in [1.82, 2.24) is 0 Å². The van der Waals surface area contributed by atoms with Crippen LogP contribution in [0.3, 0.4) is 0 Å². The first-order valence-corrected chi connectivity index (χ1v) is 2.07. The molecule has 0 radical (unpaired) electrons. The highest BCUT2D eigenvalue weighted by Gasteiger charge is 2.03. The number of rotatable bonds is 1. The summed E-state index contributed by atoms with van der Waals surface area (Å²) in [4.78, 5) is 19.2. The Balaban J connectivity index is 3.40. The average Bonchev–Trinajstić information content (AvgIpc) is 1.65. The molecular weight excluding hydrogens is 115 g/mol. The number of carbonyl (C=O) groups is 2. The third-order valence-electron chi connectivity index (χ3n) is 0.483. The van der Waals surface area contributed by atoms with Gasteiger partial charge in [-0.2, -0.15) is 0 Å². The summed E-state index contributed by atoms with van der Waals surface area (Å²) in [6.07, 6.45) is -2.03. The summed E-state index contributed by atoms with van der Waals surface area (Å²) in [5.74, 6) is -0.850. The maximum atomic E-state index is 11.1. The van der Waals surface area contributed by atoms with Gasteiger partial charge in [-0.05, 0) is 0 Å². The monoisotopic (exact) mass is 120 g/mol. The van der Waals surface area contributed by atoms with Crippen molar-refractivity contribution in [1.29, 1.82) is 0 Å². The van der Waals surface area contributed by atoms with Crippen molar-refractivity contribution in [2.75, 3.05) is 0 Å². The third kappa shape index (κ3) is 3.27. The maximum absolute atomic E-state index is 11.1. The van der Waals surface area contributed by atoms with Crippen molar-refractivity contribution in [3.05, 3.63) is 0 Å². The smallest absolute Gasteiger partial charge is 0.367 e. The molecule has 0 unspecified atom stereocenters. The summed E-state index contributed by atoms with van der Waals surface area (Å²) in [5.41, 5.74) is 0. The van der Waals surface area contributed by atoms with E-state index in [9.17, 15) is 14.0 Å². The normalized spacial score (nSPS) is 8.25. The minimum Gasteiger partial charge on any atom is -0.367 e. The Labute approximate surface area is 45.4 Å². The van der Waals surface area contributed by atoms with Crippen LogP contribution in [-0.4, -0.2) is 12.2 Å². The van der Waals surface area contributed by atoms with Gasteiger partial charge >= 0.3 is 12.2 Å². The van der Waals surface area contributed by atoms with Crippen LogP contribution in [0.4, 0.5) is 9.18 Å². The topological polar surface area (TPSA) is 43.4 Å². The second-order valence-electron chi connectivity index (χ2n) is 1.07. The van der Waals surface area contributed by atoms with Crippen LogP contribution >= 0.6 is 0 Å². The number of esters is 1. The molecule has 0 aromatic carbocycles. The fraction of sp³-hybridized carbons (Fsp3) is 0.500. The van der Waals surface area contributed by atoms with Gasteiger partial charge in [-0.3, -0.25) is 4.79 Å². The molecule has 0 aromatic heterocycles. The Bertz CT molecular complexity index is 110. The van der Waals surface area contributed by atoms with Crippen LogP contribution in [-0.2, 0) is 9.53 Å². The van der Waals surface area contributed by atoms with E-state index in [0.717, 1.165) is 0 Å². The molecule has 0 spiro atoms. The highest BCUT2D eigenvalue weighted by atomic mass is 19.1. The second-order valence-corrected chi connectivity index (χ2v) is 1.07. The van der Waals surface area contributed by atoms with E-state index < -0.39 is 12.2 Å². The van der Waals surface area contributed by atoms with Gasteiger partial charge in [-0.15, -0.1) is 4.39 Å². The largest absolute Gasteiger partial charge is 0.503 e. The molecule has 3 nitrogen and oxygen atoms in total. The molecule has 0 aliphatic carbocycles. The van der Waals surface area contributed by atoms with Crippen LogP contribution in [0.15, 0.2) is 0 Å². The van der Waals surface area contributed by atoms with E-state index in [-0.39, 0.29) is 6.42 Å². The van der Waals surface area contributed by atoms with Crippen LogP contribution in [0.25, 0.3) is 0 Å². The molecule has 0 atom stereocenters. The molecule has 46 valence electrons. The molecule has 0 bridgehead atoms. The molecular formula is C4H5FO3. The molecule has 0 aromatic rings. The summed E-state index contributed by atoms with van der Waals surface area (Å²) >= 11 is 0. The number of carbonyl (C=O) groups excluding carboxylic acids is 2. The van der Waals surface area contributed by atoms with Gasteiger partial charge in [-0.1, -0.05) is 6.92 Å². The lowest BCUT2D eigenvalue weighted by Crippen LogP contribution is -2.03. The molecule has 0 saturated carbocycles. The second kappa shape index (κ2) is 3.12. The van der Waals surface area contributed by atoms with Crippen LogP contribution < -0.4 is 0 Å². The van der Waals surface area contributed by atoms with E-state index in [1.165, 1.54) is 6.92 Å². The van der Waals surface area contributed by atoms with Crippen molar-refractivity contribution in [3.8, 4) is 0 Å². The fourth-order valence-corrected chi connectivity index (χ4v) is 0.162. The Morgan fingerprint density at radius 2 is 2.12 bits per heavy atom. The van der Waals surface area contributed by atoms with Crippen molar-refractivity contribution in [2.24, 2.45) is 0 Å². The van der Waals surface area contributed by atoms with Crippen molar-refractivity contribution in [3.63, 3.8) is 0 Å². The Kier molecular flexibility index (Phi) is 2.76. The highest BCUT2D eigenvalue weighted by Crippen LogP contribution is 1.86. The number of ether oxygens (including phenoxy) is 1. The fourth-order valence-electron chi connectivity index (χ4n) is 0.162. The summed E-state index contributed by atoms with van der Waals surface area (Å²) in [5, 5.41) is 0. The van der Waals surface area contributed by atoms with E-state index in [2.05, 4.69) is 4.74 Å². The summed E-state index contributed by atoms with van der Waals surface area (Å²) in [7, 11) is 0. The Hall–Kier alpha value is -0.930. The summed E-state index contributed by atoms with van der Waals surface area (Å²) in [6, 6.07) is 0. The highest BCUT2D eigenvalue weighted by molar-refractivity contribution is 5.80. The van der Waals surface area contributed by atoms with E-state index in [4.69, 9.17) is 0 Å². The van der Waals surface area contributed by atoms with Crippen LogP contribution in [0, 0.1) is 0 Å².